The number of aryl methyl sites for hydroxylation is 1. The molecule has 3 aromatic rings. The van der Waals surface area contributed by atoms with Gasteiger partial charge in [-0.1, -0.05) is 18.2 Å². The van der Waals surface area contributed by atoms with E-state index in [4.69, 9.17) is 9.84 Å². The van der Waals surface area contributed by atoms with Crippen LogP contribution < -0.4 is 4.74 Å². The Morgan fingerprint density at radius 3 is 2.58 bits per heavy atom. The number of nitrogens with one attached hydrogen (secondary N) is 1. The molecule has 4 nitrogen and oxygen atoms in total. The standard InChI is InChI=1S/C25H25F2NO3/c1-14-12-19(15-2-3-15)23(18-9-11-28-22(14)18)31-21-8-10-25(26,27)13-20(21)16-4-6-17(7-5-16)24(29)30/h4-7,9,11-12,15,20-21,28H,2-3,8,10,13H2,1H3,(H,29,30)/t20-,21+/m0/s1. The van der Waals surface area contributed by atoms with Crippen LogP contribution in [0.1, 0.15) is 71.0 Å². The van der Waals surface area contributed by atoms with Crippen LogP contribution in [0, 0.1) is 6.92 Å². The molecule has 0 bridgehead atoms. The number of benzene rings is 2. The molecule has 1 aromatic heterocycles. The highest BCUT2D eigenvalue weighted by atomic mass is 19.3. The van der Waals surface area contributed by atoms with E-state index in [0.717, 1.165) is 35.1 Å². The van der Waals surface area contributed by atoms with Gasteiger partial charge in [-0.05, 0) is 67.0 Å². The van der Waals surface area contributed by atoms with Crippen molar-refractivity contribution in [3.05, 3.63) is 64.8 Å². The number of fused-ring (bicyclic) bond motifs is 1. The second kappa shape index (κ2) is 7.36. The Hall–Kier alpha value is -2.89. The van der Waals surface area contributed by atoms with E-state index in [-0.39, 0.29) is 24.8 Å². The number of ether oxygens (including phenoxy) is 1. The van der Waals surface area contributed by atoms with E-state index >= 15 is 0 Å². The molecule has 0 aliphatic heterocycles. The minimum Gasteiger partial charge on any atom is -0.489 e. The summed E-state index contributed by atoms with van der Waals surface area (Å²) in [6, 6.07) is 10.4. The SMILES string of the molecule is Cc1cc(C2CC2)c(O[C@@H]2CCC(F)(F)C[C@H]2c2ccc(C(=O)O)cc2)c2cc[nH]c12. The first-order chi connectivity index (χ1) is 14.8. The van der Waals surface area contributed by atoms with E-state index in [0.29, 0.717) is 11.5 Å². The molecule has 2 N–H and O–H groups in total. The highest BCUT2D eigenvalue weighted by molar-refractivity contribution is 5.90. The highest BCUT2D eigenvalue weighted by Gasteiger charge is 2.44. The summed E-state index contributed by atoms with van der Waals surface area (Å²) in [4.78, 5) is 14.5. The second-order valence-electron chi connectivity index (χ2n) is 8.94. The number of H-pyrrole nitrogens is 1. The lowest BCUT2D eigenvalue weighted by Gasteiger charge is -2.37. The fraction of sp³-hybridized carbons (Fsp3) is 0.400. The van der Waals surface area contributed by atoms with Crippen LogP contribution in [0.15, 0.2) is 42.6 Å². The molecule has 0 amide bonds. The number of aromatic amines is 1. The highest BCUT2D eigenvalue weighted by Crippen LogP contribution is 2.50. The van der Waals surface area contributed by atoms with Gasteiger partial charge in [0.15, 0.2) is 0 Å². The van der Waals surface area contributed by atoms with Gasteiger partial charge >= 0.3 is 5.97 Å². The van der Waals surface area contributed by atoms with Crippen molar-refractivity contribution in [2.45, 2.75) is 62.9 Å². The van der Waals surface area contributed by atoms with Crippen LogP contribution in [-0.2, 0) is 0 Å². The number of carboxylic acids is 1. The molecule has 31 heavy (non-hydrogen) atoms. The summed E-state index contributed by atoms with van der Waals surface area (Å²) in [5.74, 6) is -3.02. The van der Waals surface area contributed by atoms with Gasteiger partial charge in [-0.25, -0.2) is 13.6 Å². The molecule has 0 spiro atoms. The van der Waals surface area contributed by atoms with E-state index in [1.807, 2.05) is 12.3 Å². The van der Waals surface area contributed by atoms with Gasteiger partial charge in [0.1, 0.15) is 11.9 Å². The molecular weight excluding hydrogens is 400 g/mol. The maximum atomic E-state index is 14.4. The number of rotatable bonds is 5. The molecule has 2 aliphatic carbocycles. The van der Waals surface area contributed by atoms with E-state index in [1.54, 1.807) is 12.1 Å². The average Bonchev–Trinajstić information content (AvgIpc) is 3.46. The van der Waals surface area contributed by atoms with Crippen molar-refractivity contribution in [2.24, 2.45) is 0 Å². The normalized spacial score (nSPS) is 23.1. The number of carbonyl (C=O) groups is 1. The van der Waals surface area contributed by atoms with Crippen LogP contribution in [0.2, 0.25) is 0 Å². The monoisotopic (exact) mass is 425 g/mol. The molecule has 1 heterocycles. The maximum absolute atomic E-state index is 14.4. The zero-order valence-corrected chi connectivity index (χ0v) is 17.3. The van der Waals surface area contributed by atoms with Crippen LogP contribution in [0.5, 0.6) is 5.75 Å². The van der Waals surface area contributed by atoms with E-state index < -0.39 is 23.9 Å². The predicted molar refractivity (Wildman–Crippen MR) is 114 cm³/mol. The van der Waals surface area contributed by atoms with Crippen LogP contribution in [0.25, 0.3) is 10.9 Å². The fourth-order valence-electron chi connectivity index (χ4n) is 4.85. The average molecular weight is 425 g/mol. The minimum absolute atomic E-state index is 0.146. The van der Waals surface area contributed by atoms with Crippen molar-refractivity contribution >= 4 is 16.9 Å². The first-order valence-electron chi connectivity index (χ1n) is 10.8. The van der Waals surface area contributed by atoms with Gasteiger partial charge in [0, 0.05) is 30.3 Å². The van der Waals surface area contributed by atoms with Crippen molar-refractivity contribution in [3.63, 3.8) is 0 Å². The Balaban J connectivity index is 1.53. The van der Waals surface area contributed by atoms with Gasteiger partial charge in [0.25, 0.3) is 0 Å². The van der Waals surface area contributed by atoms with Crippen LogP contribution in [0.3, 0.4) is 0 Å². The lowest BCUT2D eigenvalue weighted by atomic mass is 9.79. The zero-order chi connectivity index (χ0) is 21.8. The van der Waals surface area contributed by atoms with Crippen molar-refractivity contribution in [2.75, 3.05) is 0 Å². The van der Waals surface area contributed by atoms with Crippen molar-refractivity contribution in [3.8, 4) is 5.75 Å². The topological polar surface area (TPSA) is 62.3 Å². The van der Waals surface area contributed by atoms with Crippen molar-refractivity contribution in [1.82, 2.24) is 4.98 Å². The number of carboxylic acid groups (broad SMARTS) is 1. The van der Waals surface area contributed by atoms with Crippen LogP contribution >= 0.6 is 0 Å². The molecule has 2 fully saturated rings. The summed E-state index contributed by atoms with van der Waals surface area (Å²) in [6.07, 6.45) is 3.48. The maximum Gasteiger partial charge on any atom is 0.335 e. The predicted octanol–water partition coefficient (Wildman–Crippen LogP) is 6.40. The number of hydrogen-bond acceptors (Lipinski definition) is 2. The summed E-state index contributed by atoms with van der Waals surface area (Å²) in [5.41, 5.74) is 4.18. The first-order valence-corrected chi connectivity index (χ1v) is 10.8. The summed E-state index contributed by atoms with van der Waals surface area (Å²) in [7, 11) is 0. The van der Waals surface area contributed by atoms with Gasteiger partial charge in [0.2, 0.25) is 5.92 Å². The molecule has 0 radical (unpaired) electrons. The number of hydrogen-bond donors (Lipinski definition) is 2. The van der Waals surface area contributed by atoms with Gasteiger partial charge in [-0.2, -0.15) is 0 Å². The molecule has 2 saturated carbocycles. The number of alkyl halides is 2. The van der Waals surface area contributed by atoms with E-state index in [1.165, 1.54) is 17.7 Å². The number of aromatic carboxylic acids is 1. The van der Waals surface area contributed by atoms with Gasteiger partial charge in [-0.15, -0.1) is 0 Å². The molecule has 6 heteroatoms. The quantitative estimate of drug-likeness (QED) is 0.497. The lowest BCUT2D eigenvalue weighted by molar-refractivity contribution is -0.0685. The number of aromatic nitrogens is 1. The third-order valence-electron chi connectivity index (χ3n) is 6.65. The molecule has 2 aliphatic rings. The molecule has 0 saturated heterocycles. The van der Waals surface area contributed by atoms with Gasteiger partial charge in [0.05, 0.1) is 11.1 Å². The molecule has 2 aromatic carbocycles. The summed E-state index contributed by atoms with van der Waals surface area (Å²) in [5, 5.41) is 10.2. The molecular formula is C25H25F2NO3. The van der Waals surface area contributed by atoms with E-state index in [2.05, 4.69) is 18.0 Å². The van der Waals surface area contributed by atoms with Crippen molar-refractivity contribution in [1.29, 1.82) is 0 Å². The number of halogens is 2. The Kier molecular flexibility index (Phi) is 4.76. The molecule has 162 valence electrons. The smallest absolute Gasteiger partial charge is 0.335 e. The summed E-state index contributed by atoms with van der Waals surface area (Å²) >= 11 is 0. The lowest BCUT2D eigenvalue weighted by Crippen LogP contribution is -2.37. The Morgan fingerprint density at radius 2 is 1.90 bits per heavy atom. The largest absolute Gasteiger partial charge is 0.489 e. The van der Waals surface area contributed by atoms with E-state index in [9.17, 15) is 13.6 Å². The van der Waals surface area contributed by atoms with Gasteiger partial charge < -0.3 is 14.8 Å². The summed E-state index contributed by atoms with van der Waals surface area (Å²) in [6.45, 7) is 2.07. The minimum atomic E-state index is -2.76. The van der Waals surface area contributed by atoms with Crippen LogP contribution in [0.4, 0.5) is 8.78 Å². The van der Waals surface area contributed by atoms with Crippen molar-refractivity contribution < 1.29 is 23.4 Å². The second-order valence-corrected chi connectivity index (χ2v) is 8.94. The zero-order valence-electron chi connectivity index (χ0n) is 17.3. The third kappa shape index (κ3) is 3.80. The Labute approximate surface area is 179 Å². The van der Waals surface area contributed by atoms with Gasteiger partial charge in [-0.3, -0.25) is 0 Å². The first kappa shape index (κ1) is 20.0. The summed E-state index contributed by atoms with van der Waals surface area (Å²) < 4.78 is 35.3. The molecule has 2 atom stereocenters. The molecule has 5 rings (SSSR count). The van der Waals surface area contributed by atoms with Crippen LogP contribution in [-0.4, -0.2) is 28.1 Å². The Bertz CT molecular complexity index is 1130. The third-order valence-corrected chi connectivity index (χ3v) is 6.65. The fourth-order valence-corrected chi connectivity index (χ4v) is 4.85. The Morgan fingerprint density at radius 1 is 1.16 bits per heavy atom. The molecule has 0 unspecified atom stereocenters.